The molecule has 0 radical (unpaired) electrons. The molecule has 1 aliphatic heterocycles. The maximum atomic E-state index is 11.1. The summed E-state index contributed by atoms with van der Waals surface area (Å²) in [5.41, 5.74) is 0. The van der Waals surface area contributed by atoms with Crippen molar-refractivity contribution in [2.75, 3.05) is 11.8 Å². The lowest BCUT2D eigenvalue weighted by atomic mass is 10.5. The summed E-state index contributed by atoms with van der Waals surface area (Å²) < 4.78 is 4.90. The smallest absolute Gasteiger partial charge is 0.344 e. The number of nitrogens with one attached hydrogen (secondary N) is 1. The van der Waals surface area contributed by atoms with E-state index < -0.39 is 11.9 Å². The van der Waals surface area contributed by atoms with Crippen molar-refractivity contribution in [3.05, 3.63) is 17.9 Å². The molecule has 9 heteroatoms. The lowest BCUT2D eigenvalue weighted by Crippen LogP contribution is -2.24. The largest absolute Gasteiger partial charge is 0.435 e. The molecule has 1 fully saturated rings. The molecule has 2 heterocycles. The molecule has 90 valence electrons. The Morgan fingerprint density at radius 1 is 1.47 bits per heavy atom. The van der Waals surface area contributed by atoms with Gasteiger partial charge in [-0.15, -0.1) is 0 Å². The van der Waals surface area contributed by atoms with Crippen LogP contribution in [0.3, 0.4) is 0 Å². The number of carbonyl (C=O) groups excluding carboxylic acids is 2. The summed E-state index contributed by atoms with van der Waals surface area (Å²) in [7, 11) is 0. The number of hydrogen-bond acceptors (Lipinski definition) is 7. The van der Waals surface area contributed by atoms with Gasteiger partial charge in [0.05, 0.1) is 6.21 Å². The molecule has 1 aromatic heterocycles. The van der Waals surface area contributed by atoms with Crippen molar-refractivity contribution < 1.29 is 24.4 Å². The zero-order valence-corrected chi connectivity index (χ0v) is 8.40. The minimum atomic E-state index is -0.621. The van der Waals surface area contributed by atoms with Crippen LogP contribution in [0, 0.1) is 0 Å². The number of rotatable bonds is 3. The number of hydrogen-bond donors (Lipinski definition) is 3. The lowest BCUT2D eigenvalue weighted by molar-refractivity contribution is -0.118. The van der Waals surface area contributed by atoms with E-state index in [1.807, 2.05) is 5.32 Å². The molecule has 0 spiro atoms. The molecule has 0 atom stereocenters. The monoisotopic (exact) mass is 240 g/mol. The van der Waals surface area contributed by atoms with E-state index >= 15 is 0 Å². The Morgan fingerprint density at radius 2 is 2.24 bits per heavy atom. The number of anilines is 1. The van der Waals surface area contributed by atoms with Gasteiger partial charge in [0.2, 0.25) is 11.8 Å². The van der Waals surface area contributed by atoms with Crippen LogP contribution in [0.25, 0.3) is 0 Å². The zero-order valence-electron chi connectivity index (χ0n) is 8.40. The number of amides is 3. The molecular formula is C8H8N4O5. The predicted octanol–water partition coefficient (Wildman–Crippen LogP) is -0.250. The van der Waals surface area contributed by atoms with Gasteiger partial charge in [-0.25, -0.2) is 9.80 Å². The van der Waals surface area contributed by atoms with Gasteiger partial charge in [-0.3, -0.25) is 20.5 Å². The second-order valence-corrected chi connectivity index (χ2v) is 3.12. The Bertz CT molecular complexity index is 480. The fourth-order valence-corrected chi connectivity index (χ4v) is 1.17. The van der Waals surface area contributed by atoms with Gasteiger partial charge in [-0.05, 0) is 6.07 Å². The van der Waals surface area contributed by atoms with E-state index in [-0.39, 0.29) is 23.4 Å². The van der Waals surface area contributed by atoms with Crippen LogP contribution in [-0.4, -0.2) is 40.1 Å². The average Bonchev–Trinajstić information content (AvgIpc) is 2.82. The van der Waals surface area contributed by atoms with Crippen LogP contribution in [0.1, 0.15) is 5.76 Å². The zero-order chi connectivity index (χ0) is 12.4. The molecule has 3 N–H and O–H groups in total. The summed E-state index contributed by atoms with van der Waals surface area (Å²) in [5, 5.41) is 23.7. The van der Waals surface area contributed by atoms with Crippen molar-refractivity contribution in [1.29, 1.82) is 0 Å². The van der Waals surface area contributed by atoms with Gasteiger partial charge in [0, 0.05) is 6.07 Å². The Hall–Kier alpha value is -2.39. The Kier molecular flexibility index (Phi) is 2.77. The molecule has 17 heavy (non-hydrogen) atoms. The molecule has 0 bridgehead atoms. The summed E-state index contributed by atoms with van der Waals surface area (Å²) in [6.07, 6.45) is 1.17. The molecule has 0 unspecified atom stereocenters. The molecule has 9 nitrogen and oxygen atoms in total. The van der Waals surface area contributed by atoms with Crippen molar-refractivity contribution in [3.63, 3.8) is 0 Å². The van der Waals surface area contributed by atoms with Gasteiger partial charge in [-0.2, -0.15) is 5.10 Å². The van der Waals surface area contributed by atoms with E-state index in [9.17, 15) is 9.59 Å². The normalized spacial score (nSPS) is 15.8. The van der Waals surface area contributed by atoms with Crippen LogP contribution < -0.4 is 10.5 Å². The first kappa shape index (κ1) is 11.1. The number of hydrazone groups is 1. The minimum Gasteiger partial charge on any atom is -0.435 e. The van der Waals surface area contributed by atoms with Crippen LogP contribution in [0.4, 0.5) is 10.7 Å². The molecule has 3 amide bonds. The highest BCUT2D eigenvalue weighted by molar-refractivity contribution is 6.02. The van der Waals surface area contributed by atoms with Crippen LogP contribution in [0.15, 0.2) is 21.7 Å². The van der Waals surface area contributed by atoms with Crippen molar-refractivity contribution in [1.82, 2.24) is 10.3 Å². The van der Waals surface area contributed by atoms with Crippen molar-refractivity contribution in [2.45, 2.75) is 0 Å². The standard InChI is InChI=1S/C8H8N4O5/c13-6-4-11(8(14)10-6)9-3-5-1-2-7(17-5)12(15)16/h1-3,15-16H,4H2,(H,10,13,14). The summed E-state index contributed by atoms with van der Waals surface area (Å²) in [4.78, 5) is 21.9. The second kappa shape index (κ2) is 4.23. The van der Waals surface area contributed by atoms with Gasteiger partial charge in [0.25, 0.3) is 0 Å². The minimum absolute atomic E-state index is 0.158. The predicted molar refractivity (Wildman–Crippen MR) is 52.6 cm³/mol. The van der Waals surface area contributed by atoms with Gasteiger partial charge in [-0.1, -0.05) is 5.23 Å². The first-order valence-corrected chi connectivity index (χ1v) is 4.49. The molecular weight excluding hydrogens is 232 g/mol. The molecule has 1 saturated heterocycles. The molecule has 2 rings (SSSR count). The lowest BCUT2D eigenvalue weighted by Gasteiger charge is -2.03. The van der Waals surface area contributed by atoms with Crippen molar-refractivity contribution in [2.24, 2.45) is 5.10 Å². The summed E-state index contributed by atoms with van der Waals surface area (Å²) in [6.45, 7) is -0.158. The third-order valence-corrected chi connectivity index (χ3v) is 1.91. The van der Waals surface area contributed by atoms with Crippen molar-refractivity contribution in [3.8, 4) is 0 Å². The maximum Gasteiger partial charge on any atom is 0.344 e. The quantitative estimate of drug-likeness (QED) is 0.381. The second-order valence-electron chi connectivity index (χ2n) is 3.12. The van der Waals surface area contributed by atoms with Gasteiger partial charge >= 0.3 is 6.03 Å². The first-order chi connectivity index (χ1) is 8.06. The molecule has 1 aliphatic rings. The fraction of sp³-hybridized carbons (Fsp3) is 0.125. The van der Waals surface area contributed by atoms with Gasteiger partial charge < -0.3 is 4.42 Å². The molecule has 0 aromatic carbocycles. The van der Waals surface area contributed by atoms with E-state index in [0.717, 1.165) is 5.01 Å². The van der Waals surface area contributed by atoms with Crippen LogP contribution in [0.5, 0.6) is 0 Å². The summed E-state index contributed by atoms with van der Waals surface area (Å²) in [5.74, 6) is -0.446. The third-order valence-electron chi connectivity index (χ3n) is 1.91. The highest BCUT2D eigenvalue weighted by Crippen LogP contribution is 2.14. The van der Waals surface area contributed by atoms with Crippen LogP contribution >= 0.6 is 0 Å². The highest BCUT2D eigenvalue weighted by atomic mass is 16.8. The third kappa shape index (κ3) is 2.41. The van der Waals surface area contributed by atoms with Crippen LogP contribution in [0.2, 0.25) is 0 Å². The maximum absolute atomic E-state index is 11.1. The van der Waals surface area contributed by atoms with Crippen LogP contribution in [-0.2, 0) is 4.79 Å². The van der Waals surface area contributed by atoms with E-state index in [1.54, 1.807) is 0 Å². The van der Waals surface area contributed by atoms with E-state index in [2.05, 4.69) is 5.10 Å². The topological polar surface area (TPSA) is 119 Å². The number of nitrogens with zero attached hydrogens (tertiary/aromatic N) is 3. The number of imide groups is 1. The Morgan fingerprint density at radius 3 is 2.76 bits per heavy atom. The molecule has 1 aromatic rings. The first-order valence-electron chi connectivity index (χ1n) is 4.49. The van der Waals surface area contributed by atoms with Crippen molar-refractivity contribution >= 4 is 24.0 Å². The van der Waals surface area contributed by atoms with E-state index in [0.29, 0.717) is 0 Å². The number of carbonyl (C=O) groups is 2. The molecule has 0 saturated carbocycles. The highest BCUT2D eigenvalue weighted by Gasteiger charge is 2.25. The summed E-state index contributed by atoms with van der Waals surface area (Å²) in [6, 6.07) is 2.08. The number of urea groups is 1. The number of furan rings is 1. The summed E-state index contributed by atoms with van der Waals surface area (Å²) >= 11 is 0. The van der Waals surface area contributed by atoms with Gasteiger partial charge in [0.15, 0.2) is 0 Å². The van der Waals surface area contributed by atoms with Gasteiger partial charge in [0.1, 0.15) is 12.3 Å². The fourth-order valence-electron chi connectivity index (χ4n) is 1.17. The Labute approximate surface area is 94.4 Å². The van der Waals surface area contributed by atoms with E-state index in [4.69, 9.17) is 14.8 Å². The van der Waals surface area contributed by atoms with E-state index in [1.165, 1.54) is 18.3 Å². The average molecular weight is 240 g/mol. The Balaban J connectivity index is 2.05. The molecule has 0 aliphatic carbocycles. The SMILES string of the molecule is O=C1CN(N=Cc2ccc(N(O)O)o2)C(=O)N1.